The van der Waals surface area contributed by atoms with Crippen molar-refractivity contribution in [1.82, 2.24) is 0 Å². The van der Waals surface area contributed by atoms with Crippen molar-refractivity contribution in [3.05, 3.63) is 23.3 Å². The zero-order valence-electron chi connectivity index (χ0n) is 7.31. The van der Waals surface area contributed by atoms with Crippen LogP contribution in [0.25, 0.3) is 0 Å². The van der Waals surface area contributed by atoms with Crippen LogP contribution < -0.4 is 0 Å². The zero-order valence-corrected chi connectivity index (χ0v) is 8.21. The maximum absolute atomic E-state index is 11.2. The molecule has 0 saturated carbocycles. The molecule has 0 fully saturated rings. The van der Waals surface area contributed by atoms with Gasteiger partial charge < -0.3 is 9.84 Å². The number of carbonyl (C=O) groups is 1. The van der Waals surface area contributed by atoms with Crippen LogP contribution in [0.1, 0.15) is 15.9 Å². The Hall–Kier alpha value is -1.67. The van der Waals surface area contributed by atoms with E-state index in [2.05, 4.69) is 17.4 Å². The number of carbonyl (C=O) groups excluding carboxylic acids is 1. The molecule has 0 atom stereocenters. The van der Waals surface area contributed by atoms with Crippen molar-refractivity contribution < 1.29 is 14.6 Å². The van der Waals surface area contributed by atoms with Gasteiger partial charge in [-0.05, 0) is 12.1 Å². The number of benzene rings is 1. The first kappa shape index (κ1) is 10.4. The molecule has 1 N–H and O–H groups in total. The fraction of sp³-hybridized carbons (Fsp3) is 0.111. The number of ether oxygens (including phenoxy) is 1. The Morgan fingerprint density at radius 1 is 1.64 bits per heavy atom. The van der Waals surface area contributed by atoms with Crippen LogP contribution in [0.4, 0.5) is 0 Å². The lowest BCUT2D eigenvalue weighted by atomic mass is 10.1. The highest BCUT2D eigenvalue weighted by Gasteiger charge is 2.16. The molecule has 0 aliphatic rings. The minimum absolute atomic E-state index is 0.0141. The molecule has 1 aromatic carbocycles. The number of phenolic OH excluding ortho intramolecular Hbond substituents is 1. The highest BCUT2D eigenvalue weighted by Crippen LogP contribution is 2.27. The van der Waals surface area contributed by atoms with Gasteiger partial charge in [-0.25, -0.2) is 4.79 Å². The number of thiol groups is 1. The van der Waals surface area contributed by atoms with Crippen molar-refractivity contribution in [1.29, 1.82) is 5.26 Å². The van der Waals surface area contributed by atoms with E-state index in [0.29, 0.717) is 0 Å². The number of methoxy groups -OCH3 is 1. The summed E-state index contributed by atoms with van der Waals surface area (Å²) in [6.45, 7) is 0. The van der Waals surface area contributed by atoms with Crippen LogP contribution >= 0.6 is 12.6 Å². The Kier molecular flexibility index (Phi) is 2.99. The van der Waals surface area contributed by atoms with Crippen molar-refractivity contribution in [2.24, 2.45) is 0 Å². The van der Waals surface area contributed by atoms with Gasteiger partial charge in [-0.3, -0.25) is 0 Å². The molecule has 5 heteroatoms. The number of rotatable bonds is 1. The summed E-state index contributed by atoms with van der Waals surface area (Å²) in [5.41, 5.74) is 0.109. The minimum Gasteiger partial charge on any atom is -0.507 e. The number of hydrogen-bond donors (Lipinski definition) is 2. The first-order valence-electron chi connectivity index (χ1n) is 3.65. The second kappa shape index (κ2) is 4.03. The van der Waals surface area contributed by atoms with Gasteiger partial charge in [0.1, 0.15) is 11.8 Å². The van der Waals surface area contributed by atoms with E-state index in [1.165, 1.54) is 19.2 Å². The van der Waals surface area contributed by atoms with Gasteiger partial charge in [0.15, 0.2) is 0 Å². The van der Waals surface area contributed by atoms with Crippen LogP contribution in [-0.4, -0.2) is 18.2 Å². The number of nitriles is 1. The number of aromatic hydroxyl groups is 1. The molecule has 0 aromatic heterocycles. The summed E-state index contributed by atoms with van der Waals surface area (Å²) in [5, 5.41) is 18.0. The van der Waals surface area contributed by atoms with Crippen LogP contribution in [0.3, 0.4) is 0 Å². The summed E-state index contributed by atoms with van der Waals surface area (Å²) >= 11 is 3.91. The topological polar surface area (TPSA) is 70.3 Å². The number of hydrogen-bond acceptors (Lipinski definition) is 5. The summed E-state index contributed by atoms with van der Waals surface area (Å²) in [6, 6.07) is 4.39. The van der Waals surface area contributed by atoms with Crippen molar-refractivity contribution in [3.8, 4) is 11.8 Å². The Labute approximate surface area is 86.1 Å². The Bertz CT molecular complexity index is 423. The predicted molar refractivity (Wildman–Crippen MR) is 51.4 cm³/mol. The molecular formula is C9H7NO3S. The Morgan fingerprint density at radius 2 is 2.29 bits per heavy atom. The van der Waals surface area contributed by atoms with Gasteiger partial charge >= 0.3 is 5.97 Å². The third-order valence-electron chi connectivity index (χ3n) is 1.67. The summed E-state index contributed by atoms with van der Waals surface area (Å²) in [5.74, 6) is -0.769. The third kappa shape index (κ3) is 1.65. The molecule has 14 heavy (non-hydrogen) atoms. The van der Waals surface area contributed by atoms with Crippen molar-refractivity contribution in [3.63, 3.8) is 0 Å². The molecule has 4 nitrogen and oxygen atoms in total. The monoisotopic (exact) mass is 209 g/mol. The van der Waals surface area contributed by atoms with Gasteiger partial charge in [-0.1, -0.05) is 0 Å². The minimum atomic E-state index is -0.628. The highest BCUT2D eigenvalue weighted by atomic mass is 32.1. The SMILES string of the molecule is COC(=O)c1ccc(O)c(S)c1C#N. The van der Waals surface area contributed by atoms with Gasteiger partial charge in [0, 0.05) is 0 Å². The molecule has 1 aromatic rings. The van der Waals surface area contributed by atoms with Crippen LogP contribution in [0.5, 0.6) is 5.75 Å². The van der Waals surface area contributed by atoms with E-state index in [1.807, 2.05) is 0 Å². The molecule has 0 saturated heterocycles. The Morgan fingerprint density at radius 3 is 2.79 bits per heavy atom. The van der Waals surface area contributed by atoms with E-state index in [1.54, 1.807) is 6.07 Å². The molecule has 72 valence electrons. The highest BCUT2D eigenvalue weighted by molar-refractivity contribution is 7.80. The smallest absolute Gasteiger partial charge is 0.339 e. The lowest BCUT2D eigenvalue weighted by molar-refractivity contribution is 0.0600. The second-order valence-electron chi connectivity index (χ2n) is 2.46. The molecule has 1 rings (SSSR count). The molecule has 0 radical (unpaired) electrons. The van der Waals surface area contributed by atoms with E-state index in [9.17, 15) is 9.90 Å². The predicted octanol–water partition coefficient (Wildman–Crippen LogP) is 1.34. The van der Waals surface area contributed by atoms with Gasteiger partial charge in [-0.2, -0.15) is 5.26 Å². The summed E-state index contributed by atoms with van der Waals surface area (Å²) in [7, 11) is 1.22. The molecule has 0 bridgehead atoms. The Balaban J connectivity index is 3.40. The molecule has 0 spiro atoms. The maximum Gasteiger partial charge on any atom is 0.339 e. The molecule has 0 amide bonds. The number of phenols is 1. The third-order valence-corrected chi connectivity index (χ3v) is 2.13. The fourth-order valence-corrected chi connectivity index (χ4v) is 1.22. The van der Waals surface area contributed by atoms with E-state index in [4.69, 9.17) is 5.26 Å². The number of nitrogens with zero attached hydrogens (tertiary/aromatic N) is 1. The van der Waals surface area contributed by atoms with E-state index in [-0.39, 0.29) is 21.8 Å². The lowest BCUT2D eigenvalue weighted by Gasteiger charge is -2.05. The molecule has 0 aliphatic heterocycles. The second-order valence-corrected chi connectivity index (χ2v) is 2.91. The van der Waals surface area contributed by atoms with Crippen LogP contribution in [0, 0.1) is 11.3 Å². The molecule has 0 heterocycles. The maximum atomic E-state index is 11.2. The number of esters is 1. The lowest BCUT2D eigenvalue weighted by Crippen LogP contribution is -2.04. The van der Waals surface area contributed by atoms with Crippen molar-refractivity contribution >= 4 is 18.6 Å². The van der Waals surface area contributed by atoms with E-state index < -0.39 is 5.97 Å². The molecule has 0 aliphatic carbocycles. The standard InChI is InChI=1S/C9H7NO3S/c1-13-9(12)5-2-3-7(11)8(14)6(5)4-10/h2-3,11,14H,1H3. The quantitative estimate of drug-likeness (QED) is 0.541. The van der Waals surface area contributed by atoms with Gasteiger partial charge in [-0.15, -0.1) is 12.6 Å². The first-order chi connectivity index (χ1) is 6.61. The average Bonchev–Trinajstić information content (AvgIpc) is 2.20. The van der Waals surface area contributed by atoms with Gasteiger partial charge in [0.05, 0.1) is 23.1 Å². The van der Waals surface area contributed by atoms with Gasteiger partial charge in [0.2, 0.25) is 0 Å². The zero-order chi connectivity index (χ0) is 10.7. The first-order valence-corrected chi connectivity index (χ1v) is 4.10. The van der Waals surface area contributed by atoms with E-state index in [0.717, 1.165) is 0 Å². The van der Waals surface area contributed by atoms with Crippen LogP contribution in [-0.2, 0) is 4.74 Å². The van der Waals surface area contributed by atoms with Crippen molar-refractivity contribution in [2.45, 2.75) is 4.90 Å². The van der Waals surface area contributed by atoms with Crippen molar-refractivity contribution in [2.75, 3.05) is 7.11 Å². The van der Waals surface area contributed by atoms with E-state index >= 15 is 0 Å². The fourth-order valence-electron chi connectivity index (χ4n) is 0.973. The average molecular weight is 209 g/mol. The molecule has 0 unspecified atom stereocenters. The van der Waals surface area contributed by atoms with Gasteiger partial charge in [0.25, 0.3) is 0 Å². The van der Waals surface area contributed by atoms with Crippen LogP contribution in [0.15, 0.2) is 17.0 Å². The summed E-state index contributed by atoms with van der Waals surface area (Å²) < 4.78 is 4.47. The van der Waals surface area contributed by atoms with Crippen LogP contribution in [0.2, 0.25) is 0 Å². The normalized spacial score (nSPS) is 9.21. The molecular weight excluding hydrogens is 202 g/mol. The largest absolute Gasteiger partial charge is 0.507 e. The summed E-state index contributed by atoms with van der Waals surface area (Å²) in [6.07, 6.45) is 0. The summed E-state index contributed by atoms with van der Waals surface area (Å²) in [4.78, 5) is 11.2.